The molecule has 114 valence electrons. The van der Waals surface area contributed by atoms with Crippen LogP contribution in [-0.4, -0.2) is 17.4 Å². The van der Waals surface area contributed by atoms with Crippen molar-refractivity contribution in [3.63, 3.8) is 0 Å². The van der Waals surface area contributed by atoms with Crippen molar-refractivity contribution in [2.45, 2.75) is 57.9 Å². The molecule has 1 aliphatic rings. The highest BCUT2D eigenvalue weighted by Crippen LogP contribution is 2.22. The molecule has 0 saturated carbocycles. The van der Waals surface area contributed by atoms with Crippen molar-refractivity contribution in [2.75, 3.05) is 5.32 Å². The minimum absolute atomic E-state index is 0.0414. The molecule has 2 N–H and O–H groups in total. The molecule has 21 heavy (non-hydrogen) atoms. The molecule has 1 aromatic carbocycles. The molecule has 1 aliphatic heterocycles. The van der Waals surface area contributed by atoms with E-state index in [0.29, 0.717) is 18.8 Å². The van der Waals surface area contributed by atoms with Gasteiger partial charge in [-0.2, -0.15) is 0 Å². The molecule has 1 saturated heterocycles. The summed E-state index contributed by atoms with van der Waals surface area (Å²) in [6, 6.07) is 7.87. The Morgan fingerprint density at radius 3 is 2.52 bits per heavy atom. The van der Waals surface area contributed by atoms with Crippen molar-refractivity contribution in [1.82, 2.24) is 5.32 Å². The van der Waals surface area contributed by atoms with Crippen LogP contribution in [0.1, 0.15) is 57.9 Å². The number of carbonyl (C=O) groups is 2. The van der Waals surface area contributed by atoms with E-state index in [1.54, 1.807) is 6.92 Å². The number of anilines is 1. The van der Waals surface area contributed by atoms with Crippen molar-refractivity contribution >= 4 is 17.5 Å². The summed E-state index contributed by atoms with van der Waals surface area (Å²) in [5.74, 6) is 0.281. The van der Waals surface area contributed by atoms with E-state index < -0.39 is 5.54 Å². The zero-order valence-corrected chi connectivity index (χ0v) is 13.0. The van der Waals surface area contributed by atoms with Gasteiger partial charge in [-0.1, -0.05) is 32.4 Å². The van der Waals surface area contributed by atoms with Gasteiger partial charge in [0.25, 0.3) is 0 Å². The summed E-state index contributed by atoms with van der Waals surface area (Å²) in [6.07, 6.45) is 2.91. The van der Waals surface area contributed by atoms with E-state index in [0.717, 1.165) is 18.5 Å². The lowest BCUT2D eigenvalue weighted by atomic mass is 9.94. The smallest absolute Gasteiger partial charge is 0.249 e. The van der Waals surface area contributed by atoms with E-state index in [1.807, 2.05) is 24.3 Å². The lowest BCUT2D eigenvalue weighted by molar-refractivity contribution is -0.129. The zero-order valence-electron chi connectivity index (χ0n) is 13.0. The lowest BCUT2D eigenvalue weighted by Crippen LogP contribution is -2.53. The quantitative estimate of drug-likeness (QED) is 0.897. The minimum atomic E-state index is -0.815. The summed E-state index contributed by atoms with van der Waals surface area (Å²) >= 11 is 0. The fourth-order valence-electron chi connectivity index (χ4n) is 2.59. The lowest BCUT2D eigenvalue weighted by Gasteiger charge is -2.27. The van der Waals surface area contributed by atoms with Crippen LogP contribution in [-0.2, 0) is 9.59 Å². The first-order valence-electron chi connectivity index (χ1n) is 7.63. The molecule has 0 bridgehead atoms. The minimum Gasteiger partial charge on any atom is -0.342 e. The van der Waals surface area contributed by atoms with Crippen molar-refractivity contribution < 1.29 is 9.59 Å². The Balaban J connectivity index is 2.07. The summed E-state index contributed by atoms with van der Waals surface area (Å²) in [7, 11) is 0. The fourth-order valence-corrected chi connectivity index (χ4v) is 2.59. The normalized spacial score (nSPS) is 22.6. The number of hydrogen-bond donors (Lipinski definition) is 2. The number of hydrogen-bond acceptors (Lipinski definition) is 2. The second-order valence-corrected chi connectivity index (χ2v) is 6.32. The van der Waals surface area contributed by atoms with Crippen LogP contribution in [0.5, 0.6) is 0 Å². The summed E-state index contributed by atoms with van der Waals surface area (Å²) in [5.41, 5.74) is 1.19. The Bertz CT molecular complexity index is 522. The van der Waals surface area contributed by atoms with E-state index >= 15 is 0 Å². The summed E-state index contributed by atoms with van der Waals surface area (Å²) in [5, 5.41) is 5.77. The Kier molecular flexibility index (Phi) is 4.66. The van der Waals surface area contributed by atoms with Gasteiger partial charge in [0.2, 0.25) is 11.8 Å². The van der Waals surface area contributed by atoms with Crippen LogP contribution in [0.25, 0.3) is 0 Å². The second kappa shape index (κ2) is 6.29. The van der Waals surface area contributed by atoms with Crippen LogP contribution < -0.4 is 10.6 Å². The maximum absolute atomic E-state index is 12.5. The summed E-state index contributed by atoms with van der Waals surface area (Å²) < 4.78 is 0. The molecule has 4 nitrogen and oxygen atoms in total. The van der Waals surface area contributed by atoms with Gasteiger partial charge in [0.05, 0.1) is 0 Å². The van der Waals surface area contributed by atoms with Crippen molar-refractivity contribution in [1.29, 1.82) is 0 Å². The Labute approximate surface area is 126 Å². The SMILES string of the molecule is CC(C)c1ccc(NC(=O)[C@]2(C)CCCCC(=O)N2)cc1. The molecule has 0 unspecified atom stereocenters. The average molecular weight is 288 g/mol. The molecule has 2 amide bonds. The zero-order chi connectivity index (χ0) is 15.5. The third-order valence-corrected chi connectivity index (χ3v) is 4.08. The van der Waals surface area contributed by atoms with Crippen LogP contribution in [0, 0.1) is 0 Å². The molecule has 1 aromatic rings. The molecular formula is C17H24N2O2. The highest BCUT2D eigenvalue weighted by molar-refractivity contribution is 6.00. The van der Waals surface area contributed by atoms with Gasteiger partial charge >= 0.3 is 0 Å². The van der Waals surface area contributed by atoms with Gasteiger partial charge in [0.1, 0.15) is 5.54 Å². The Morgan fingerprint density at radius 1 is 1.24 bits per heavy atom. The first-order valence-corrected chi connectivity index (χ1v) is 7.63. The third-order valence-electron chi connectivity index (χ3n) is 4.08. The maximum Gasteiger partial charge on any atom is 0.249 e. The first-order chi connectivity index (χ1) is 9.90. The molecular weight excluding hydrogens is 264 g/mol. The van der Waals surface area contributed by atoms with Gasteiger partial charge in [-0.15, -0.1) is 0 Å². The number of benzene rings is 1. The van der Waals surface area contributed by atoms with E-state index in [-0.39, 0.29) is 11.8 Å². The Morgan fingerprint density at radius 2 is 1.90 bits per heavy atom. The van der Waals surface area contributed by atoms with E-state index in [2.05, 4.69) is 24.5 Å². The molecule has 1 heterocycles. The van der Waals surface area contributed by atoms with Crippen LogP contribution in [0.3, 0.4) is 0 Å². The van der Waals surface area contributed by atoms with Gasteiger partial charge in [-0.3, -0.25) is 9.59 Å². The monoisotopic (exact) mass is 288 g/mol. The van der Waals surface area contributed by atoms with Crippen LogP contribution >= 0.6 is 0 Å². The maximum atomic E-state index is 12.5. The van der Waals surface area contributed by atoms with Gasteiger partial charge in [0, 0.05) is 12.1 Å². The van der Waals surface area contributed by atoms with Crippen LogP contribution in [0.2, 0.25) is 0 Å². The number of carbonyl (C=O) groups excluding carboxylic acids is 2. The van der Waals surface area contributed by atoms with Gasteiger partial charge in [-0.05, 0) is 43.4 Å². The van der Waals surface area contributed by atoms with E-state index in [4.69, 9.17) is 0 Å². The second-order valence-electron chi connectivity index (χ2n) is 6.32. The number of nitrogens with one attached hydrogen (secondary N) is 2. The highest BCUT2D eigenvalue weighted by Gasteiger charge is 2.35. The fraction of sp³-hybridized carbons (Fsp3) is 0.529. The number of amides is 2. The predicted molar refractivity (Wildman–Crippen MR) is 84.2 cm³/mol. The standard InChI is InChI=1S/C17H24N2O2/c1-12(2)13-7-9-14(10-8-13)18-16(21)17(3)11-5-4-6-15(20)19-17/h7-10,12H,4-6,11H2,1-3H3,(H,18,21)(H,19,20)/t17-/m0/s1. The largest absolute Gasteiger partial charge is 0.342 e. The predicted octanol–water partition coefficient (Wildman–Crippen LogP) is 3.20. The van der Waals surface area contributed by atoms with Crippen LogP contribution in [0.15, 0.2) is 24.3 Å². The third kappa shape index (κ3) is 3.84. The van der Waals surface area contributed by atoms with Gasteiger partial charge in [0.15, 0.2) is 0 Å². The summed E-state index contributed by atoms with van der Waals surface area (Å²) in [4.78, 5) is 24.2. The van der Waals surface area contributed by atoms with Gasteiger partial charge in [-0.25, -0.2) is 0 Å². The molecule has 4 heteroatoms. The van der Waals surface area contributed by atoms with E-state index in [9.17, 15) is 9.59 Å². The van der Waals surface area contributed by atoms with Crippen molar-refractivity contribution in [3.8, 4) is 0 Å². The molecule has 1 atom stereocenters. The van der Waals surface area contributed by atoms with Gasteiger partial charge < -0.3 is 10.6 Å². The molecule has 1 fully saturated rings. The molecule has 0 aromatic heterocycles. The van der Waals surface area contributed by atoms with E-state index in [1.165, 1.54) is 5.56 Å². The first kappa shape index (κ1) is 15.5. The molecule has 0 spiro atoms. The molecule has 2 rings (SSSR count). The summed E-state index contributed by atoms with van der Waals surface area (Å²) in [6.45, 7) is 6.07. The number of rotatable bonds is 3. The highest BCUT2D eigenvalue weighted by atomic mass is 16.2. The van der Waals surface area contributed by atoms with Crippen molar-refractivity contribution in [3.05, 3.63) is 29.8 Å². The topological polar surface area (TPSA) is 58.2 Å². The average Bonchev–Trinajstić information content (AvgIpc) is 2.61. The van der Waals surface area contributed by atoms with Crippen molar-refractivity contribution in [2.24, 2.45) is 0 Å². The Hall–Kier alpha value is -1.84. The molecule has 0 radical (unpaired) electrons. The molecule has 0 aliphatic carbocycles. The van der Waals surface area contributed by atoms with Crippen LogP contribution in [0.4, 0.5) is 5.69 Å².